The molecule has 0 atom stereocenters. The third kappa shape index (κ3) is 10.1. The van der Waals surface area contributed by atoms with E-state index in [1.807, 2.05) is 3.88 Å². The van der Waals surface area contributed by atoms with E-state index in [0.717, 1.165) is 0 Å². The quantitative estimate of drug-likeness (QED) is 0.209. The average Bonchev–Trinajstić information content (AvgIpc) is 3.06. The second-order valence-corrected chi connectivity index (χ2v) is 11.4. The van der Waals surface area contributed by atoms with Crippen LogP contribution in [0.2, 0.25) is 9.45 Å². The van der Waals surface area contributed by atoms with Crippen LogP contribution in [0, 0.1) is 0 Å². The summed E-state index contributed by atoms with van der Waals surface area (Å²) in [6.07, 6.45) is 26.0. The van der Waals surface area contributed by atoms with Crippen LogP contribution in [0.25, 0.3) is 0 Å². The summed E-state index contributed by atoms with van der Waals surface area (Å²) < 4.78 is 5.10. The van der Waals surface area contributed by atoms with Crippen molar-refractivity contribution in [1.29, 1.82) is 0 Å². The minimum atomic E-state index is -0.903. The van der Waals surface area contributed by atoms with E-state index < -0.39 is 17.9 Å². The van der Waals surface area contributed by atoms with Gasteiger partial charge in [-0.1, -0.05) is 0 Å². The van der Waals surface area contributed by atoms with Gasteiger partial charge in [-0.25, -0.2) is 0 Å². The fraction of sp³-hybridized carbons (Fsp3) is 0.810. The Hall–Kier alpha value is 0.194. The van der Waals surface area contributed by atoms with Crippen molar-refractivity contribution in [2.24, 2.45) is 0 Å². The molecule has 0 aliphatic heterocycles. The van der Waals surface area contributed by atoms with E-state index in [-0.39, 0.29) is 0 Å². The van der Waals surface area contributed by atoms with Gasteiger partial charge in [0.15, 0.2) is 0 Å². The van der Waals surface area contributed by atoms with Crippen LogP contribution in [0.5, 0.6) is 0 Å². The zero-order valence-electron chi connectivity index (χ0n) is 15.3. The van der Waals surface area contributed by atoms with Gasteiger partial charge in [-0.2, -0.15) is 0 Å². The van der Waals surface area contributed by atoms with Crippen LogP contribution in [0.15, 0.2) is 22.1 Å². The number of allylic oxidation sites excluding steroid dienone is 4. The summed E-state index contributed by atoms with van der Waals surface area (Å²) in [6.45, 7) is 4.62. The van der Waals surface area contributed by atoms with Crippen LogP contribution in [0.4, 0.5) is 0 Å². The summed E-state index contributed by atoms with van der Waals surface area (Å²) in [5.74, 6) is 0. The molecule has 0 nitrogen and oxygen atoms in total. The Morgan fingerprint density at radius 3 is 1.68 bits per heavy atom. The van der Waals surface area contributed by atoms with Gasteiger partial charge in [0.05, 0.1) is 0 Å². The van der Waals surface area contributed by atoms with Gasteiger partial charge in [0.1, 0.15) is 0 Å². The molecule has 0 saturated heterocycles. The molecule has 0 aromatic carbocycles. The predicted octanol–water partition coefficient (Wildman–Crippen LogP) is 8.01. The first-order valence-electron chi connectivity index (χ1n) is 10.1. The van der Waals surface area contributed by atoms with Crippen LogP contribution in [-0.2, 0) is 17.9 Å². The van der Waals surface area contributed by atoms with Crippen LogP contribution in [0.3, 0.4) is 0 Å². The van der Waals surface area contributed by atoms with E-state index in [1.165, 1.54) is 83.5 Å². The van der Waals surface area contributed by atoms with E-state index in [2.05, 4.69) is 32.1 Å². The zero-order valence-corrected chi connectivity index (χ0v) is 16.9. The molecule has 0 amide bonds. The van der Waals surface area contributed by atoms with Crippen LogP contribution >= 0.6 is 0 Å². The first-order chi connectivity index (χ1) is 10.9. The van der Waals surface area contributed by atoms with E-state index in [1.54, 1.807) is 9.45 Å². The molecule has 0 N–H and O–H groups in total. The normalized spacial score (nSPS) is 13.6. The fourth-order valence-electron chi connectivity index (χ4n) is 3.39. The summed E-state index contributed by atoms with van der Waals surface area (Å²) in [7, 11) is 0. The predicted molar refractivity (Wildman–Crippen MR) is 98.2 cm³/mol. The van der Waals surface area contributed by atoms with E-state index in [9.17, 15) is 0 Å². The molecule has 0 bridgehead atoms. The van der Waals surface area contributed by atoms with Crippen molar-refractivity contribution in [3.63, 3.8) is 0 Å². The van der Waals surface area contributed by atoms with Crippen molar-refractivity contribution in [2.75, 3.05) is 0 Å². The molecule has 0 aromatic rings. The molecule has 1 heteroatoms. The molecule has 0 fully saturated rings. The number of rotatable bonds is 15. The molecular formula is C21H39Ti. The third-order valence-corrected chi connectivity index (χ3v) is 9.88. The first kappa shape index (κ1) is 20.2. The van der Waals surface area contributed by atoms with Crippen molar-refractivity contribution in [1.82, 2.24) is 0 Å². The number of unbranched alkanes of at least 4 members (excludes halogenated alkanes) is 10. The van der Waals surface area contributed by atoms with Gasteiger partial charge in [0.25, 0.3) is 0 Å². The first-order valence-corrected chi connectivity index (χ1v) is 13.1. The minimum absolute atomic E-state index is 0.903. The SMILES string of the molecule is CCCCCCC[CH2][Ti]([CH2]CCCCCCC)[C]1=CC=CC1. The molecule has 0 aromatic heterocycles. The van der Waals surface area contributed by atoms with Gasteiger partial charge >= 0.3 is 147 Å². The summed E-state index contributed by atoms with van der Waals surface area (Å²) >= 11 is -0.903. The number of hydrogen-bond acceptors (Lipinski definition) is 0. The van der Waals surface area contributed by atoms with Crippen molar-refractivity contribution in [3.8, 4) is 0 Å². The Bertz CT molecular complexity index is 287. The molecule has 0 saturated carbocycles. The second-order valence-electron chi connectivity index (χ2n) is 6.96. The van der Waals surface area contributed by atoms with Crippen molar-refractivity contribution in [3.05, 3.63) is 22.1 Å². The zero-order chi connectivity index (χ0) is 15.9. The molecule has 0 heterocycles. The molecule has 0 spiro atoms. The molecule has 1 aliphatic rings. The second kappa shape index (κ2) is 14.8. The Labute approximate surface area is 146 Å². The average molecular weight is 339 g/mol. The number of hydrogen-bond donors (Lipinski definition) is 0. The molecular weight excluding hydrogens is 300 g/mol. The van der Waals surface area contributed by atoms with Gasteiger partial charge in [-0.15, -0.1) is 0 Å². The molecule has 0 radical (unpaired) electrons. The molecule has 127 valence electrons. The molecule has 0 unspecified atom stereocenters. The van der Waals surface area contributed by atoms with Gasteiger partial charge in [0.2, 0.25) is 0 Å². The van der Waals surface area contributed by atoms with Gasteiger partial charge < -0.3 is 0 Å². The standard InChI is InChI=1S/2C8H17.C5H5.Ti/c2*1-3-5-7-8-6-4-2;1-2-4-5-3-1;/h2*1,3-8H2,2H3;1-3H,4H2;. The fourth-order valence-corrected chi connectivity index (χ4v) is 8.05. The summed E-state index contributed by atoms with van der Waals surface area (Å²) in [6, 6.07) is 0. The van der Waals surface area contributed by atoms with Crippen molar-refractivity contribution in [2.45, 2.75) is 107 Å². The summed E-state index contributed by atoms with van der Waals surface area (Å²) in [5, 5.41) is 0. The topological polar surface area (TPSA) is 0 Å². The van der Waals surface area contributed by atoms with E-state index in [4.69, 9.17) is 0 Å². The van der Waals surface area contributed by atoms with Crippen molar-refractivity contribution >= 4 is 0 Å². The Kier molecular flexibility index (Phi) is 13.6. The monoisotopic (exact) mass is 339 g/mol. The van der Waals surface area contributed by atoms with E-state index >= 15 is 0 Å². The summed E-state index contributed by atoms with van der Waals surface area (Å²) in [4.78, 5) is 0. The molecule has 1 rings (SSSR count). The van der Waals surface area contributed by atoms with Gasteiger partial charge in [-0.05, 0) is 0 Å². The van der Waals surface area contributed by atoms with E-state index in [0.29, 0.717) is 0 Å². The summed E-state index contributed by atoms with van der Waals surface area (Å²) in [5.41, 5.74) is 0. The van der Waals surface area contributed by atoms with Crippen LogP contribution in [-0.4, -0.2) is 0 Å². The van der Waals surface area contributed by atoms with Crippen molar-refractivity contribution < 1.29 is 17.9 Å². The Balaban J connectivity index is 2.14. The maximum atomic E-state index is 2.48. The Morgan fingerprint density at radius 1 is 0.727 bits per heavy atom. The Morgan fingerprint density at radius 2 is 1.23 bits per heavy atom. The van der Waals surface area contributed by atoms with Crippen LogP contribution < -0.4 is 0 Å². The van der Waals surface area contributed by atoms with Crippen LogP contribution in [0.1, 0.15) is 97.3 Å². The van der Waals surface area contributed by atoms with Gasteiger partial charge in [0, 0.05) is 0 Å². The molecule has 1 aliphatic carbocycles. The maximum absolute atomic E-state index is 2.48. The third-order valence-electron chi connectivity index (χ3n) is 4.89. The molecule has 22 heavy (non-hydrogen) atoms. The van der Waals surface area contributed by atoms with Gasteiger partial charge in [-0.3, -0.25) is 0 Å².